The summed E-state index contributed by atoms with van der Waals surface area (Å²) < 4.78 is 14.6. The van der Waals surface area contributed by atoms with E-state index in [1.54, 1.807) is 22.9 Å². The standard InChI is InChI=1S/C17H16FN5OS/c1-11-7-12(2)23(22-11)16-8-15(19-10-20-16)21-17(24)9-25-14-5-3-13(18)4-6-14/h3-8,10H,9H2,1-2H3,(H,19,20,21,24). The second-order valence-corrected chi connectivity index (χ2v) is 6.44. The zero-order valence-corrected chi connectivity index (χ0v) is 14.5. The Morgan fingerprint density at radius 3 is 2.64 bits per heavy atom. The van der Waals surface area contributed by atoms with Crippen molar-refractivity contribution in [3.63, 3.8) is 0 Å². The maximum atomic E-state index is 12.9. The summed E-state index contributed by atoms with van der Waals surface area (Å²) in [5, 5.41) is 7.10. The van der Waals surface area contributed by atoms with E-state index in [1.165, 1.54) is 30.2 Å². The van der Waals surface area contributed by atoms with Crippen LogP contribution in [0.5, 0.6) is 0 Å². The molecular formula is C17H16FN5OS. The zero-order valence-electron chi connectivity index (χ0n) is 13.7. The van der Waals surface area contributed by atoms with E-state index in [0.29, 0.717) is 11.6 Å². The fourth-order valence-corrected chi connectivity index (χ4v) is 2.95. The Kier molecular flexibility index (Phi) is 5.08. The molecule has 0 spiro atoms. The lowest BCUT2D eigenvalue weighted by molar-refractivity contribution is -0.113. The van der Waals surface area contributed by atoms with E-state index in [4.69, 9.17) is 0 Å². The van der Waals surface area contributed by atoms with Gasteiger partial charge in [0, 0.05) is 16.7 Å². The number of hydrogen-bond acceptors (Lipinski definition) is 5. The van der Waals surface area contributed by atoms with Crippen LogP contribution in [0.15, 0.2) is 47.6 Å². The SMILES string of the molecule is Cc1cc(C)n(-c2cc(NC(=O)CSc3ccc(F)cc3)ncn2)n1. The highest BCUT2D eigenvalue weighted by Gasteiger charge is 2.09. The van der Waals surface area contributed by atoms with Crippen LogP contribution in [-0.2, 0) is 4.79 Å². The van der Waals surface area contributed by atoms with E-state index >= 15 is 0 Å². The first-order valence-electron chi connectivity index (χ1n) is 7.55. The molecule has 0 aliphatic carbocycles. The maximum Gasteiger partial charge on any atom is 0.235 e. The summed E-state index contributed by atoms with van der Waals surface area (Å²) in [6, 6.07) is 9.62. The van der Waals surface area contributed by atoms with E-state index in [-0.39, 0.29) is 17.5 Å². The van der Waals surface area contributed by atoms with Gasteiger partial charge in [-0.2, -0.15) is 5.10 Å². The average molecular weight is 357 g/mol. The maximum absolute atomic E-state index is 12.9. The van der Waals surface area contributed by atoms with Crippen LogP contribution >= 0.6 is 11.8 Å². The number of aryl methyl sites for hydroxylation is 2. The van der Waals surface area contributed by atoms with Crippen molar-refractivity contribution < 1.29 is 9.18 Å². The van der Waals surface area contributed by atoms with Gasteiger partial charge in [-0.3, -0.25) is 4.79 Å². The topological polar surface area (TPSA) is 72.7 Å². The molecule has 3 rings (SSSR count). The summed E-state index contributed by atoms with van der Waals surface area (Å²) >= 11 is 1.32. The van der Waals surface area contributed by atoms with Crippen molar-refractivity contribution in [1.29, 1.82) is 0 Å². The van der Waals surface area contributed by atoms with E-state index in [1.807, 2.05) is 19.9 Å². The minimum atomic E-state index is -0.300. The van der Waals surface area contributed by atoms with Crippen LogP contribution in [0.2, 0.25) is 0 Å². The molecule has 6 nitrogen and oxygen atoms in total. The molecule has 8 heteroatoms. The number of carbonyl (C=O) groups excluding carboxylic acids is 1. The quantitative estimate of drug-likeness (QED) is 0.710. The highest BCUT2D eigenvalue weighted by Crippen LogP contribution is 2.18. The van der Waals surface area contributed by atoms with E-state index < -0.39 is 0 Å². The minimum absolute atomic E-state index is 0.199. The number of halogens is 1. The van der Waals surface area contributed by atoms with Gasteiger partial charge in [0.1, 0.15) is 18.0 Å². The third-order valence-electron chi connectivity index (χ3n) is 3.33. The molecule has 1 aromatic carbocycles. The normalized spacial score (nSPS) is 10.7. The highest BCUT2D eigenvalue weighted by molar-refractivity contribution is 8.00. The lowest BCUT2D eigenvalue weighted by Crippen LogP contribution is -2.15. The van der Waals surface area contributed by atoms with E-state index in [0.717, 1.165) is 16.3 Å². The van der Waals surface area contributed by atoms with Crippen molar-refractivity contribution in [3.05, 3.63) is 59.9 Å². The van der Waals surface area contributed by atoms with Crippen molar-refractivity contribution in [2.45, 2.75) is 18.7 Å². The van der Waals surface area contributed by atoms with Gasteiger partial charge in [0.25, 0.3) is 0 Å². The Morgan fingerprint density at radius 2 is 1.96 bits per heavy atom. The third-order valence-corrected chi connectivity index (χ3v) is 4.34. The Balaban J connectivity index is 1.64. The number of amides is 1. The number of nitrogens with zero attached hydrogens (tertiary/aromatic N) is 4. The molecule has 128 valence electrons. The molecule has 0 saturated heterocycles. The minimum Gasteiger partial charge on any atom is -0.310 e. The van der Waals surface area contributed by atoms with Crippen molar-refractivity contribution in [2.24, 2.45) is 0 Å². The van der Waals surface area contributed by atoms with Crippen LogP contribution in [0.4, 0.5) is 10.2 Å². The summed E-state index contributed by atoms with van der Waals surface area (Å²) in [6.07, 6.45) is 1.38. The molecule has 0 fully saturated rings. The van der Waals surface area contributed by atoms with Gasteiger partial charge in [-0.05, 0) is 44.2 Å². The number of hydrogen-bond donors (Lipinski definition) is 1. The van der Waals surface area contributed by atoms with Gasteiger partial charge in [-0.25, -0.2) is 19.0 Å². The highest BCUT2D eigenvalue weighted by atomic mass is 32.2. The van der Waals surface area contributed by atoms with Gasteiger partial charge in [-0.15, -0.1) is 11.8 Å². The molecule has 2 heterocycles. The molecule has 25 heavy (non-hydrogen) atoms. The first kappa shape index (κ1) is 17.1. The molecule has 1 amide bonds. The van der Waals surface area contributed by atoms with Gasteiger partial charge in [0.15, 0.2) is 5.82 Å². The molecule has 0 saturated carbocycles. The number of thioether (sulfide) groups is 1. The van der Waals surface area contributed by atoms with E-state index in [2.05, 4.69) is 20.4 Å². The molecule has 0 radical (unpaired) electrons. The molecule has 0 unspecified atom stereocenters. The summed E-state index contributed by atoms with van der Waals surface area (Å²) in [5.74, 6) is 0.688. The van der Waals surface area contributed by atoms with Crippen LogP contribution in [0.1, 0.15) is 11.4 Å². The largest absolute Gasteiger partial charge is 0.310 e. The molecule has 0 aliphatic rings. The first-order valence-corrected chi connectivity index (χ1v) is 8.54. The predicted octanol–water partition coefficient (Wildman–Crippen LogP) is 3.15. The Morgan fingerprint density at radius 1 is 1.20 bits per heavy atom. The lowest BCUT2D eigenvalue weighted by atomic mass is 10.4. The van der Waals surface area contributed by atoms with Crippen LogP contribution < -0.4 is 5.32 Å². The van der Waals surface area contributed by atoms with Crippen molar-refractivity contribution in [3.8, 4) is 5.82 Å². The van der Waals surface area contributed by atoms with Gasteiger partial charge < -0.3 is 5.32 Å². The summed E-state index contributed by atoms with van der Waals surface area (Å²) in [6.45, 7) is 3.83. The summed E-state index contributed by atoms with van der Waals surface area (Å²) in [7, 11) is 0. The molecule has 2 aromatic heterocycles. The van der Waals surface area contributed by atoms with Crippen LogP contribution in [0.3, 0.4) is 0 Å². The number of benzene rings is 1. The van der Waals surface area contributed by atoms with Crippen molar-refractivity contribution in [1.82, 2.24) is 19.7 Å². The molecule has 0 aliphatic heterocycles. The fraction of sp³-hybridized carbons (Fsp3) is 0.176. The van der Waals surface area contributed by atoms with Crippen LogP contribution in [0, 0.1) is 19.7 Å². The smallest absolute Gasteiger partial charge is 0.235 e. The van der Waals surface area contributed by atoms with Gasteiger partial charge in [0.2, 0.25) is 5.91 Å². The van der Waals surface area contributed by atoms with Gasteiger partial charge >= 0.3 is 0 Å². The van der Waals surface area contributed by atoms with E-state index in [9.17, 15) is 9.18 Å². The monoisotopic (exact) mass is 357 g/mol. The third kappa shape index (κ3) is 4.42. The molecule has 1 N–H and O–H groups in total. The molecule has 0 bridgehead atoms. The Hall–Kier alpha value is -2.74. The molecule has 0 atom stereocenters. The Labute approximate surface area is 148 Å². The zero-order chi connectivity index (χ0) is 17.8. The van der Waals surface area contributed by atoms with Crippen molar-refractivity contribution in [2.75, 3.05) is 11.1 Å². The number of nitrogens with one attached hydrogen (secondary N) is 1. The first-order chi connectivity index (χ1) is 12.0. The second kappa shape index (κ2) is 7.43. The molecule has 3 aromatic rings. The number of carbonyl (C=O) groups is 1. The number of anilines is 1. The van der Waals surface area contributed by atoms with Crippen molar-refractivity contribution >= 4 is 23.5 Å². The number of aromatic nitrogens is 4. The second-order valence-electron chi connectivity index (χ2n) is 5.39. The Bertz CT molecular complexity index is 894. The fourth-order valence-electron chi connectivity index (χ4n) is 2.25. The lowest BCUT2D eigenvalue weighted by Gasteiger charge is -2.07. The average Bonchev–Trinajstić information content (AvgIpc) is 2.93. The van der Waals surface area contributed by atoms with Gasteiger partial charge in [-0.1, -0.05) is 0 Å². The van der Waals surface area contributed by atoms with Crippen LogP contribution in [-0.4, -0.2) is 31.4 Å². The number of rotatable bonds is 5. The summed E-state index contributed by atoms with van der Waals surface area (Å²) in [4.78, 5) is 21.2. The summed E-state index contributed by atoms with van der Waals surface area (Å²) in [5.41, 5.74) is 1.83. The van der Waals surface area contributed by atoms with Crippen LogP contribution in [0.25, 0.3) is 5.82 Å². The van der Waals surface area contributed by atoms with Gasteiger partial charge in [0.05, 0.1) is 11.4 Å². The molecular weight excluding hydrogens is 341 g/mol. The predicted molar refractivity (Wildman–Crippen MR) is 94.4 cm³/mol.